The third-order valence-corrected chi connectivity index (χ3v) is 2.90. The van der Waals surface area contributed by atoms with Crippen molar-refractivity contribution in [3.05, 3.63) is 45.9 Å². The van der Waals surface area contributed by atoms with Gasteiger partial charge in [-0.25, -0.2) is 4.68 Å². The van der Waals surface area contributed by atoms with Crippen LogP contribution in [0.4, 0.5) is 0 Å². The SMILES string of the molecule is O=c1c2c([nH]n1-c1cccc(O)c1)CCOC2. The number of phenols is 1. The third kappa shape index (κ3) is 1.64. The van der Waals surface area contributed by atoms with E-state index in [9.17, 15) is 9.90 Å². The molecule has 2 heterocycles. The number of aromatic hydroxyl groups is 1. The molecule has 0 radical (unpaired) electrons. The third-order valence-electron chi connectivity index (χ3n) is 2.90. The van der Waals surface area contributed by atoms with Gasteiger partial charge in [0.1, 0.15) is 5.75 Å². The lowest BCUT2D eigenvalue weighted by molar-refractivity contribution is 0.109. The van der Waals surface area contributed by atoms with Crippen LogP contribution in [-0.4, -0.2) is 21.5 Å². The summed E-state index contributed by atoms with van der Waals surface area (Å²) in [6.07, 6.45) is 0.719. The Morgan fingerprint density at radius 1 is 1.41 bits per heavy atom. The molecule has 0 saturated carbocycles. The first-order chi connectivity index (χ1) is 8.25. The van der Waals surface area contributed by atoms with Gasteiger partial charge in [0.2, 0.25) is 0 Å². The number of rotatable bonds is 1. The van der Waals surface area contributed by atoms with E-state index in [0.717, 1.165) is 12.1 Å². The number of aromatic nitrogens is 2. The summed E-state index contributed by atoms with van der Waals surface area (Å²) in [7, 11) is 0. The highest BCUT2D eigenvalue weighted by Gasteiger charge is 2.18. The van der Waals surface area contributed by atoms with Crippen molar-refractivity contribution in [3.63, 3.8) is 0 Å². The van der Waals surface area contributed by atoms with E-state index in [-0.39, 0.29) is 11.3 Å². The van der Waals surface area contributed by atoms with Crippen LogP contribution in [0.25, 0.3) is 5.69 Å². The molecule has 1 aliphatic heterocycles. The fourth-order valence-electron chi connectivity index (χ4n) is 2.04. The van der Waals surface area contributed by atoms with Crippen LogP contribution in [0, 0.1) is 0 Å². The van der Waals surface area contributed by atoms with Gasteiger partial charge in [0.25, 0.3) is 5.56 Å². The Labute approximate surface area is 97.3 Å². The summed E-state index contributed by atoms with van der Waals surface area (Å²) in [6.45, 7) is 0.990. The van der Waals surface area contributed by atoms with E-state index >= 15 is 0 Å². The lowest BCUT2D eigenvalue weighted by atomic mass is 10.2. The summed E-state index contributed by atoms with van der Waals surface area (Å²) < 4.78 is 6.71. The highest BCUT2D eigenvalue weighted by Crippen LogP contribution is 2.16. The summed E-state index contributed by atoms with van der Waals surface area (Å²) in [4.78, 5) is 12.1. The van der Waals surface area contributed by atoms with Crippen LogP contribution in [0.3, 0.4) is 0 Å². The quantitative estimate of drug-likeness (QED) is 0.769. The van der Waals surface area contributed by atoms with E-state index in [4.69, 9.17) is 4.74 Å². The predicted molar refractivity (Wildman–Crippen MR) is 61.4 cm³/mol. The maximum Gasteiger partial charge on any atom is 0.277 e. The van der Waals surface area contributed by atoms with Crippen LogP contribution in [0.1, 0.15) is 11.3 Å². The number of ether oxygens (including phenoxy) is 1. The van der Waals surface area contributed by atoms with Crippen LogP contribution in [0.15, 0.2) is 29.1 Å². The van der Waals surface area contributed by atoms with Crippen molar-refractivity contribution in [2.24, 2.45) is 0 Å². The van der Waals surface area contributed by atoms with E-state index in [0.29, 0.717) is 24.5 Å². The Hall–Kier alpha value is -2.01. The van der Waals surface area contributed by atoms with Gasteiger partial charge in [0.15, 0.2) is 0 Å². The normalized spacial score (nSPS) is 14.6. The Morgan fingerprint density at radius 2 is 2.29 bits per heavy atom. The highest BCUT2D eigenvalue weighted by molar-refractivity contribution is 5.39. The second-order valence-electron chi connectivity index (χ2n) is 4.03. The van der Waals surface area contributed by atoms with Gasteiger partial charge in [-0.3, -0.25) is 9.89 Å². The first-order valence-electron chi connectivity index (χ1n) is 5.45. The van der Waals surface area contributed by atoms with Crippen molar-refractivity contribution in [2.75, 3.05) is 6.61 Å². The second-order valence-corrected chi connectivity index (χ2v) is 4.03. The molecule has 1 aliphatic rings. The standard InChI is InChI=1S/C12H12N2O3/c15-9-3-1-2-8(6-9)14-12(16)10-7-17-5-4-11(10)13-14/h1-3,6,13,15H,4-5,7H2. The van der Waals surface area contributed by atoms with Crippen molar-refractivity contribution in [3.8, 4) is 11.4 Å². The monoisotopic (exact) mass is 232 g/mol. The molecule has 0 unspecified atom stereocenters. The lowest BCUT2D eigenvalue weighted by Gasteiger charge is -2.08. The van der Waals surface area contributed by atoms with Crippen LogP contribution in [0.2, 0.25) is 0 Å². The zero-order valence-electron chi connectivity index (χ0n) is 9.14. The van der Waals surface area contributed by atoms with Crippen molar-refractivity contribution < 1.29 is 9.84 Å². The molecule has 0 amide bonds. The fraction of sp³-hybridized carbons (Fsp3) is 0.250. The molecule has 0 spiro atoms. The smallest absolute Gasteiger partial charge is 0.277 e. The Bertz CT molecular complexity index is 612. The van der Waals surface area contributed by atoms with Gasteiger partial charge in [0.05, 0.1) is 24.5 Å². The van der Waals surface area contributed by atoms with Gasteiger partial charge in [-0.1, -0.05) is 6.07 Å². The van der Waals surface area contributed by atoms with Crippen LogP contribution in [0.5, 0.6) is 5.75 Å². The Morgan fingerprint density at radius 3 is 3.06 bits per heavy atom. The number of hydrogen-bond acceptors (Lipinski definition) is 3. The predicted octanol–water partition coefficient (Wildman–Crippen LogP) is 0.944. The summed E-state index contributed by atoms with van der Waals surface area (Å²) >= 11 is 0. The zero-order chi connectivity index (χ0) is 11.8. The molecule has 0 aliphatic carbocycles. The summed E-state index contributed by atoms with van der Waals surface area (Å²) in [5.41, 5.74) is 2.12. The van der Waals surface area contributed by atoms with Gasteiger partial charge < -0.3 is 9.84 Å². The number of hydrogen-bond donors (Lipinski definition) is 2. The number of nitrogens with one attached hydrogen (secondary N) is 1. The van der Waals surface area contributed by atoms with Gasteiger partial charge in [0, 0.05) is 18.2 Å². The number of H-pyrrole nitrogens is 1. The molecule has 2 N–H and O–H groups in total. The Kier molecular flexibility index (Phi) is 2.26. The Balaban J connectivity index is 2.16. The minimum absolute atomic E-state index is 0.106. The van der Waals surface area contributed by atoms with E-state index in [1.165, 1.54) is 4.68 Å². The lowest BCUT2D eigenvalue weighted by Crippen LogP contribution is -2.19. The molecular weight excluding hydrogens is 220 g/mol. The molecule has 1 aromatic heterocycles. The maximum atomic E-state index is 12.1. The molecule has 2 aromatic rings. The summed E-state index contributed by atoms with van der Waals surface area (Å²) in [5.74, 6) is 0.137. The first-order valence-corrected chi connectivity index (χ1v) is 5.45. The molecule has 0 fully saturated rings. The molecule has 5 heteroatoms. The van der Waals surface area contributed by atoms with Crippen molar-refractivity contribution in [1.82, 2.24) is 9.78 Å². The first kappa shape index (κ1) is 10.2. The van der Waals surface area contributed by atoms with Crippen LogP contribution in [-0.2, 0) is 17.8 Å². The zero-order valence-corrected chi connectivity index (χ0v) is 9.14. The highest BCUT2D eigenvalue weighted by atomic mass is 16.5. The largest absolute Gasteiger partial charge is 0.508 e. The second kappa shape index (κ2) is 3.78. The van der Waals surface area contributed by atoms with Crippen LogP contribution < -0.4 is 5.56 Å². The number of nitrogens with zero attached hydrogens (tertiary/aromatic N) is 1. The van der Waals surface area contributed by atoms with E-state index < -0.39 is 0 Å². The van der Waals surface area contributed by atoms with E-state index in [1.54, 1.807) is 24.3 Å². The van der Waals surface area contributed by atoms with Gasteiger partial charge >= 0.3 is 0 Å². The molecule has 17 heavy (non-hydrogen) atoms. The number of aromatic amines is 1. The molecule has 3 rings (SSSR count). The van der Waals surface area contributed by atoms with Crippen molar-refractivity contribution in [2.45, 2.75) is 13.0 Å². The molecule has 5 nitrogen and oxygen atoms in total. The van der Waals surface area contributed by atoms with Gasteiger partial charge in [-0.15, -0.1) is 0 Å². The van der Waals surface area contributed by atoms with Crippen molar-refractivity contribution >= 4 is 0 Å². The molecular formula is C12H12N2O3. The number of benzene rings is 1. The molecule has 1 aromatic carbocycles. The average Bonchev–Trinajstić information content (AvgIpc) is 2.68. The topological polar surface area (TPSA) is 67.2 Å². The molecule has 88 valence electrons. The summed E-state index contributed by atoms with van der Waals surface area (Å²) in [5, 5.41) is 12.5. The fourth-order valence-corrected chi connectivity index (χ4v) is 2.04. The van der Waals surface area contributed by atoms with Crippen LogP contribution >= 0.6 is 0 Å². The maximum absolute atomic E-state index is 12.1. The number of fused-ring (bicyclic) bond motifs is 1. The van der Waals surface area contributed by atoms with Gasteiger partial charge in [-0.05, 0) is 12.1 Å². The molecule has 0 atom stereocenters. The average molecular weight is 232 g/mol. The minimum atomic E-state index is -0.106. The van der Waals surface area contributed by atoms with E-state index in [2.05, 4.69) is 5.10 Å². The minimum Gasteiger partial charge on any atom is -0.508 e. The number of phenolic OH excluding ortho intramolecular Hbond substituents is 1. The van der Waals surface area contributed by atoms with Gasteiger partial charge in [-0.2, -0.15) is 0 Å². The molecule has 0 bridgehead atoms. The van der Waals surface area contributed by atoms with E-state index in [1.807, 2.05) is 0 Å². The molecule has 0 saturated heterocycles. The van der Waals surface area contributed by atoms with Crippen molar-refractivity contribution in [1.29, 1.82) is 0 Å². The summed E-state index contributed by atoms with van der Waals surface area (Å²) in [6, 6.07) is 6.59.